The smallest absolute Gasteiger partial charge is 0.354 e. The van der Waals surface area contributed by atoms with Gasteiger partial charge in [0.2, 0.25) is 0 Å². The van der Waals surface area contributed by atoms with Crippen molar-refractivity contribution in [2.75, 3.05) is 0 Å². The molecule has 0 unspecified atom stereocenters. The maximum absolute atomic E-state index is 14.2. The zero-order valence-electron chi connectivity index (χ0n) is 18.3. The standard InChI is InChI=1S/C27H17ClFNO4S/c1-15-22(16-7-3-2-4-8-16)30(19-11-6-10-18(29)14-19)26(32)21-23(31)25(27(33)34-24(15)21)35-20-12-5-9-17(28)13-20/h2-14,31H,1H3. The van der Waals surface area contributed by atoms with E-state index in [0.717, 1.165) is 11.8 Å². The summed E-state index contributed by atoms with van der Waals surface area (Å²) >= 11 is 6.99. The van der Waals surface area contributed by atoms with E-state index in [1.54, 1.807) is 61.5 Å². The van der Waals surface area contributed by atoms with Crippen LogP contribution >= 0.6 is 23.4 Å². The van der Waals surface area contributed by atoms with Gasteiger partial charge in [-0.05, 0) is 48.9 Å². The molecule has 0 atom stereocenters. The minimum atomic E-state index is -0.787. The van der Waals surface area contributed by atoms with E-state index in [9.17, 15) is 19.1 Å². The highest BCUT2D eigenvalue weighted by molar-refractivity contribution is 7.99. The number of pyridine rings is 1. The quantitative estimate of drug-likeness (QED) is 0.299. The van der Waals surface area contributed by atoms with Gasteiger partial charge >= 0.3 is 5.63 Å². The summed E-state index contributed by atoms with van der Waals surface area (Å²) in [5.74, 6) is -1.02. The average Bonchev–Trinajstić information content (AvgIpc) is 2.84. The normalized spacial score (nSPS) is 11.2. The summed E-state index contributed by atoms with van der Waals surface area (Å²) in [5, 5.41) is 11.4. The van der Waals surface area contributed by atoms with E-state index in [1.807, 2.05) is 6.07 Å². The molecule has 35 heavy (non-hydrogen) atoms. The van der Waals surface area contributed by atoms with Gasteiger partial charge in [-0.3, -0.25) is 9.36 Å². The minimum absolute atomic E-state index is 0.0283. The molecule has 0 aliphatic heterocycles. The first-order valence-corrected chi connectivity index (χ1v) is 11.7. The van der Waals surface area contributed by atoms with Crippen LogP contribution in [0.25, 0.3) is 27.9 Å². The van der Waals surface area contributed by atoms with E-state index in [0.29, 0.717) is 26.7 Å². The average molecular weight is 506 g/mol. The van der Waals surface area contributed by atoms with Gasteiger partial charge in [-0.25, -0.2) is 9.18 Å². The Labute approximate surface area is 208 Å². The highest BCUT2D eigenvalue weighted by atomic mass is 35.5. The summed E-state index contributed by atoms with van der Waals surface area (Å²) in [4.78, 5) is 27.2. The lowest BCUT2D eigenvalue weighted by atomic mass is 10.0. The number of aromatic nitrogens is 1. The fourth-order valence-electron chi connectivity index (χ4n) is 4.00. The molecule has 0 saturated heterocycles. The monoisotopic (exact) mass is 505 g/mol. The molecule has 5 aromatic rings. The number of fused-ring (bicyclic) bond motifs is 1. The fourth-order valence-corrected chi connectivity index (χ4v) is 5.15. The lowest BCUT2D eigenvalue weighted by molar-refractivity contribution is 0.445. The second kappa shape index (κ2) is 9.09. The zero-order chi connectivity index (χ0) is 24.7. The van der Waals surface area contributed by atoms with Gasteiger partial charge < -0.3 is 9.52 Å². The van der Waals surface area contributed by atoms with Crippen molar-refractivity contribution in [1.82, 2.24) is 4.57 Å². The number of aromatic hydroxyl groups is 1. The molecule has 0 radical (unpaired) electrons. The van der Waals surface area contributed by atoms with Crippen molar-refractivity contribution >= 4 is 34.3 Å². The second-order valence-corrected chi connectivity index (χ2v) is 9.31. The first-order chi connectivity index (χ1) is 16.8. The number of benzene rings is 3. The van der Waals surface area contributed by atoms with E-state index in [1.165, 1.54) is 22.8 Å². The van der Waals surface area contributed by atoms with E-state index in [-0.39, 0.29) is 21.6 Å². The molecule has 0 amide bonds. The number of rotatable bonds is 4. The Bertz CT molecular complexity index is 1710. The van der Waals surface area contributed by atoms with E-state index < -0.39 is 22.8 Å². The molecule has 0 fully saturated rings. The molecule has 0 saturated carbocycles. The van der Waals surface area contributed by atoms with Crippen LogP contribution < -0.4 is 11.2 Å². The van der Waals surface area contributed by atoms with E-state index in [4.69, 9.17) is 16.0 Å². The third kappa shape index (κ3) is 4.13. The van der Waals surface area contributed by atoms with E-state index in [2.05, 4.69) is 0 Å². The fraction of sp³-hybridized carbons (Fsp3) is 0.0370. The van der Waals surface area contributed by atoms with Gasteiger partial charge in [-0.15, -0.1) is 0 Å². The molecule has 8 heteroatoms. The number of aryl methyl sites for hydroxylation is 1. The van der Waals surface area contributed by atoms with Crippen LogP contribution in [0.1, 0.15) is 5.56 Å². The summed E-state index contributed by atoms with van der Waals surface area (Å²) < 4.78 is 21.1. The number of hydrogen-bond donors (Lipinski definition) is 1. The molecular weight excluding hydrogens is 489 g/mol. The molecule has 2 heterocycles. The summed E-state index contributed by atoms with van der Waals surface area (Å²) in [5.41, 5.74) is 0.336. The van der Waals surface area contributed by atoms with Crippen molar-refractivity contribution in [1.29, 1.82) is 0 Å². The van der Waals surface area contributed by atoms with Crippen molar-refractivity contribution in [3.8, 4) is 22.7 Å². The van der Waals surface area contributed by atoms with Crippen molar-refractivity contribution in [3.05, 3.63) is 116 Å². The minimum Gasteiger partial charge on any atom is -0.505 e. The summed E-state index contributed by atoms with van der Waals surface area (Å²) in [6.07, 6.45) is 0. The van der Waals surface area contributed by atoms with Crippen LogP contribution in [0.5, 0.6) is 5.75 Å². The SMILES string of the molecule is Cc1c(-c2ccccc2)n(-c2cccc(F)c2)c(=O)c2c(O)c(Sc3cccc(Cl)c3)c(=O)oc12. The Kier molecular flexibility index (Phi) is 5.96. The molecule has 0 aliphatic rings. The lowest BCUT2D eigenvalue weighted by Crippen LogP contribution is -2.23. The van der Waals surface area contributed by atoms with Gasteiger partial charge in [0, 0.05) is 15.5 Å². The largest absolute Gasteiger partial charge is 0.505 e. The summed E-state index contributed by atoms with van der Waals surface area (Å²) in [6, 6.07) is 21.4. The second-order valence-electron chi connectivity index (χ2n) is 7.79. The van der Waals surface area contributed by atoms with E-state index >= 15 is 0 Å². The Morgan fingerprint density at radius 2 is 1.71 bits per heavy atom. The molecule has 2 aromatic heterocycles. The summed E-state index contributed by atoms with van der Waals surface area (Å²) in [7, 11) is 0. The van der Waals surface area contributed by atoms with Crippen LogP contribution in [-0.2, 0) is 0 Å². The van der Waals surface area contributed by atoms with Gasteiger partial charge in [-0.1, -0.05) is 65.8 Å². The van der Waals surface area contributed by atoms with Crippen LogP contribution in [0.3, 0.4) is 0 Å². The van der Waals surface area contributed by atoms with Crippen LogP contribution in [0.2, 0.25) is 5.02 Å². The maximum Gasteiger partial charge on any atom is 0.354 e. The molecule has 5 nitrogen and oxygen atoms in total. The molecule has 3 aromatic carbocycles. The molecule has 174 valence electrons. The van der Waals surface area contributed by atoms with Crippen molar-refractivity contribution < 1.29 is 13.9 Å². The highest BCUT2D eigenvalue weighted by Crippen LogP contribution is 2.38. The Balaban J connectivity index is 1.87. The summed E-state index contributed by atoms with van der Waals surface area (Å²) in [6.45, 7) is 1.69. The topological polar surface area (TPSA) is 72.4 Å². The zero-order valence-corrected chi connectivity index (χ0v) is 19.9. The molecule has 0 bridgehead atoms. The number of nitrogens with zero attached hydrogens (tertiary/aromatic N) is 1. The van der Waals surface area contributed by atoms with Crippen LogP contribution in [-0.4, -0.2) is 9.67 Å². The predicted molar refractivity (Wildman–Crippen MR) is 135 cm³/mol. The molecular formula is C27H17ClFNO4S. The Morgan fingerprint density at radius 3 is 2.43 bits per heavy atom. The lowest BCUT2D eigenvalue weighted by Gasteiger charge is -2.18. The third-order valence-electron chi connectivity index (χ3n) is 5.53. The van der Waals surface area contributed by atoms with Gasteiger partial charge in [0.25, 0.3) is 5.56 Å². The first kappa shape index (κ1) is 23.0. The van der Waals surface area contributed by atoms with Crippen molar-refractivity contribution in [2.24, 2.45) is 0 Å². The molecule has 5 rings (SSSR count). The van der Waals surface area contributed by atoms with Crippen LogP contribution in [0.15, 0.2) is 103 Å². The molecule has 1 N–H and O–H groups in total. The predicted octanol–water partition coefficient (Wildman–Crippen LogP) is 6.57. The Morgan fingerprint density at radius 1 is 0.971 bits per heavy atom. The van der Waals surface area contributed by atoms with Crippen LogP contribution in [0.4, 0.5) is 4.39 Å². The number of halogens is 2. The highest BCUT2D eigenvalue weighted by Gasteiger charge is 2.25. The molecule has 0 aliphatic carbocycles. The van der Waals surface area contributed by atoms with Gasteiger partial charge in [0.05, 0.1) is 11.4 Å². The van der Waals surface area contributed by atoms with Crippen molar-refractivity contribution in [3.63, 3.8) is 0 Å². The molecule has 0 spiro atoms. The first-order valence-electron chi connectivity index (χ1n) is 10.6. The Hall–Kier alpha value is -3.81. The van der Waals surface area contributed by atoms with Gasteiger partial charge in [0.1, 0.15) is 16.1 Å². The third-order valence-corrected chi connectivity index (χ3v) is 6.81. The number of hydrogen-bond acceptors (Lipinski definition) is 5. The van der Waals surface area contributed by atoms with Gasteiger partial charge in [-0.2, -0.15) is 0 Å². The maximum atomic E-state index is 14.2. The van der Waals surface area contributed by atoms with Crippen LogP contribution in [0, 0.1) is 12.7 Å². The van der Waals surface area contributed by atoms with Gasteiger partial charge in [0.15, 0.2) is 11.3 Å². The van der Waals surface area contributed by atoms with Crippen molar-refractivity contribution in [2.45, 2.75) is 16.7 Å².